The van der Waals surface area contributed by atoms with Gasteiger partial charge in [-0.25, -0.2) is 0 Å². The Labute approximate surface area is 202 Å². The first-order chi connectivity index (χ1) is 16.6. The Kier molecular flexibility index (Phi) is 7.56. The molecular formula is C28H35N3O3. The lowest BCUT2D eigenvalue weighted by atomic mass is 9.95. The molecule has 1 aliphatic heterocycles. The van der Waals surface area contributed by atoms with Crippen LogP contribution in [0.1, 0.15) is 79.7 Å². The van der Waals surface area contributed by atoms with Crippen LogP contribution in [0.4, 0.5) is 0 Å². The van der Waals surface area contributed by atoms with Crippen molar-refractivity contribution in [2.24, 2.45) is 0 Å². The number of hydrogen-bond donors (Lipinski definition) is 1. The maximum Gasteiger partial charge on any atom is 0.273 e. The van der Waals surface area contributed by atoms with Crippen LogP contribution >= 0.6 is 0 Å². The van der Waals surface area contributed by atoms with Gasteiger partial charge in [-0.3, -0.25) is 9.89 Å². The Morgan fingerprint density at radius 3 is 2.44 bits per heavy atom. The number of unbranched alkanes of at least 4 members (excludes halogenated alkanes) is 2. The van der Waals surface area contributed by atoms with Crippen molar-refractivity contribution >= 4 is 5.91 Å². The Morgan fingerprint density at radius 1 is 0.971 bits per heavy atom. The number of aromatic amines is 1. The van der Waals surface area contributed by atoms with E-state index in [9.17, 15) is 4.79 Å². The average molecular weight is 462 g/mol. The fraction of sp³-hybridized carbons (Fsp3) is 0.429. The van der Waals surface area contributed by atoms with Gasteiger partial charge >= 0.3 is 0 Å². The first kappa shape index (κ1) is 23.9. The highest BCUT2D eigenvalue weighted by atomic mass is 16.5. The molecule has 1 atom stereocenters. The lowest BCUT2D eigenvalue weighted by Crippen LogP contribution is -2.30. The summed E-state index contributed by atoms with van der Waals surface area (Å²) in [6.45, 7) is 10.2. The zero-order valence-corrected chi connectivity index (χ0v) is 20.7. The molecule has 3 aromatic rings. The van der Waals surface area contributed by atoms with Gasteiger partial charge in [0.25, 0.3) is 5.91 Å². The summed E-state index contributed by atoms with van der Waals surface area (Å²) in [7, 11) is 0. The van der Waals surface area contributed by atoms with Crippen LogP contribution in [0.15, 0.2) is 42.5 Å². The molecule has 6 heteroatoms. The standard InChI is InChI=1S/C28H35N3O3/c1-5-8-16-31-27(21-14-15-22(34-17-9-6-2)23(18-21)33-7-3)24-25(29-30-26(24)28(31)32)20-12-10-19(4)11-13-20/h10-15,18,27H,5-9,16-17H2,1-4H3,(H,29,30). The third-order valence-electron chi connectivity index (χ3n) is 6.28. The molecule has 2 heterocycles. The lowest BCUT2D eigenvalue weighted by Gasteiger charge is -2.27. The molecule has 6 nitrogen and oxygen atoms in total. The minimum absolute atomic E-state index is 0.000504. The van der Waals surface area contributed by atoms with E-state index >= 15 is 0 Å². The number of amides is 1. The summed E-state index contributed by atoms with van der Waals surface area (Å²) in [4.78, 5) is 15.4. The number of rotatable bonds is 11. The van der Waals surface area contributed by atoms with Crippen LogP contribution in [0.3, 0.4) is 0 Å². The molecule has 34 heavy (non-hydrogen) atoms. The summed E-state index contributed by atoms with van der Waals surface area (Å²) >= 11 is 0. The summed E-state index contributed by atoms with van der Waals surface area (Å²) < 4.78 is 12.0. The second-order valence-corrected chi connectivity index (χ2v) is 8.82. The van der Waals surface area contributed by atoms with Crippen molar-refractivity contribution in [1.82, 2.24) is 15.1 Å². The van der Waals surface area contributed by atoms with Crippen LogP contribution in [0.5, 0.6) is 11.5 Å². The predicted molar refractivity (Wildman–Crippen MR) is 135 cm³/mol. The maximum atomic E-state index is 13.4. The molecule has 0 aliphatic carbocycles. The van der Waals surface area contributed by atoms with Gasteiger partial charge < -0.3 is 14.4 Å². The number of aromatic nitrogens is 2. The lowest BCUT2D eigenvalue weighted by molar-refractivity contribution is 0.0741. The molecular weight excluding hydrogens is 426 g/mol. The minimum Gasteiger partial charge on any atom is -0.490 e. The average Bonchev–Trinajstić information content (AvgIpc) is 3.38. The molecule has 0 bridgehead atoms. The number of nitrogens with zero attached hydrogens (tertiary/aromatic N) is 2. The van der Waals surface area contributed by atoms with Crippen LogP contribution < -0.4 is 9.47 Å². The molecule has 1 unspecified atom stereocenters. The number of carbonyl (C=O) groups excluding carboxylic acids is 1. The van der Waals surface area contributed by atoms with Crippen LogP contribution in [-0.2, 0) is 0 Å². The van der Waals surface area contributed by atoms with Gasteiger partial charge in [0.1, 0.15) is 5.69 Å². The molecule has 0 radical (unpaired) electrons. The minimum atomic E-state index is -0.229. The molecule has 0 spiro atoms. The third kappa shape index (κ3) is 4.67. The molecule has 1 amide bonds. The topological polar surface area (TPSA) is 67.5 Å². The number of ether oxygens (including phenoxy) is 2. The van der Waals surface area contributed by atoms with Gasteiger partial charge in [-0.1, -0.05) is 62.6 Å². The fourth-order valence-electron chi connectivity index (χ4n) is 4.44. The van der Waals surface area contributed by atoms with E-state index in [0.29, 0.717) is 31.2 Å². The van der Waals surface area contributed by atoms with Crippen LogP contribution in [0.25, 0.3) is 11.3 Å². The quantitative estimate of drug-likeness (QED) is 0.340. The molecule has 0 saturated carbocycles. The highest BCUT2D eigenvalue weighted by Crippen LogP contribution is 2.44. The Balaban J connectivity index is 1.79. The van der Waals surface area contributed by atoms with Crippen molar-refractivity contribution in [3.63, 3.8) is 0 Å². The van der Waals surface area contributed by atoms with Crippen molar-refractivity contribution in [3.8, 4) is 22.8 Å². The fourth-order valence-corrected chi connectivity index (χ4v) is 4.44. The summed E-state index contributed by atoms with van der Waals surface area (Å²) in [5, 5.41) is 7.62. The van der Waals surface area contributed by atoms with Crippen LogP contribution in [0, 0.1) is 6.92 Å². The van der Waals surface area contributed by atoms with E-state index in [1.807, 2.05) is 24.0 Å². The monoisotopic (exact) mass is 461 g/mol. The zero-order valence-electron chi connectivity index (χ0n) is 20.7. The van der Waals surface area contributed by atoms with E-state index in [1.165, 1.54) is 5.56 Å². The second-order valence-electron chi connectivity index (χ2n) is 8.82. The molecule has 4 rings (SSSR count). The van der Waals surface area contributed by atoms with Crippen molar-refractivity contribution < 1.29 is 14.3 Å². The summed E-state index contributed by atoms with van der Waals surface area (Å²) in [5.41, 5.74) is 5.54. The molecule has 1 N–H and O–H groups in total. The van der Waals surface area contributed by atoms with Crippen LogP contribution in [0.2, 0.25) is 0 Å². The van der Waals surface area contributed by atoms with E-state index in [-0.39, 0.29) is 11.9 Å². The van der Waals surface area contributed by atoms with Gasteiger partial charge in [0, 0.05) is 17.7 Å². The van der Waals surface area contributed by atoms with Crippen molar-refractivity contribution in [2.75, 3.05) is 19.8 Å². The second kappa shape index (κ2) is 10.8. The maximum absolute atomic E-state index is 13.4. The highest BCUT2D eigenvalue weighted by Gasteiger charge is 2.42. The molecule has 0 saturated heterocycles. The summed E-state index contributed by atoms with van der Waals surface area (Å²) in [6.07, 6.45) is 4.02. The first-order valence-corrected chi connectivity index (χ1v) is 12.4. The molecule has 2 aromatic carbocycles. The van der Waals surface area contributed by atoms with Gasteiger partial charge in [-0.2, -0.15) is 5.10 Å². The van der Waals surface area contributed by atoms with Crippen molar-refractivity contribution in [3.05, 3.63) is 64.8 Å². The number of fused-ring (bicyclic) bond motifs is 1. The van der Waals surface area contributed by atoms with Gasteiger partial charge in [-0.15, -0.1) is 0 Å². The van der Waals surface area contributed by atoms with Crippen LogP contribution in [-0.4, -0.2) is 40.8 Å². The number of H-pyrrole nitrogens is 1. The largest absolute Gasteiger partial charge is 0.490 e. The molecule has 180 valence electrons. The number of aryl methyl sites for hydroxylation is 1. The molecule has 1 aliphatic rings. The summed E-state index contributed by atoms with van der Waals surface area (Å²) in [5.74, 6) is 1.46. The van der Waals surface area contributed by atoms with Gasteiger partial charge in [0.05, 0.1) is 24.9 Å². The van der Waals surface area contributed by atoms with Gasteiger partial charge in [-0.05, 0) is 44.4 Å². The zero-order chi connectivity index (χ0) is 24.1. The normalized spacial score (nSPS) is 15.0. The van der Waals surface area contributed by atoms with E-state index in [1.54, 1.807) is 0 Å². The number of carbonyl (C=O) groups is 1. The van der Waals surface area contributed by atoms with E-state index in [2.05, 4.69) is 61.3 Å². The van der Waals surface area contributed by atoms with E-state index in [4.69, 9.17) is 9.47 Å². The van der Waals surface area contributed by atoms with Crippen molar-refractivity contribution in [2.45, 2.75) is 59.4 Å². The van der Waals surface area contributed by atoms with Gasteiger partial charge in [0.15, 0.2) is 11.5 Å². The third-order valence-corrected chi connectivity index (χ3v) is 6.28. The number of nitrogens with one attached hydrogen (secondary N) is 1. The van der Waals surface area contributed by atoms with Gasteiger partial charge in [0.2, 0.25) is 0 Å². The molecule has 0 fully saturated rings. The first-order valence-electron chi connectivity index (χ1n) is 12.4. The number of hydrogen-bond acceptors (Lipinski definition) is 4. The number of benzene rings is 2. The Bertz CT molecular complexity index is 1120. The Hall–Kier alpha value is -3.28. The van der Waals surface area contributed by atoms with Crippen molar-refractivity contribution in [1.29, 1.82) is 0 Å². The smallest absolute Gasteiger partial charge is 0.273 e. The van der Waals surface area contributed by atoms with E-state index < -0.39 is 0 Å². The summed E-state index contributed by atoms with van der Waals surface area (Å²) in [6, 6.07) is 14.1. The predicted octanol–water partition coefficient (Wildman–Crippen LogP) is 6.31. The molecule has 1 aromatic heterocycles. The van der Waals surface area contributed by atoms with E-state index in [0.717, 1.165) is 53.8 Å². The Morgan fingerprint density at radius 2 is 1.74 bits per heavy atom. The highest BCUT2D eigenvalue weighted by molar-refractivity contribution is 6.00. The SMILES string of the molecule is CCCCOc1ccc(C2c3c(-c4ccc(C)cc4)n[nH]c3C(=O)N2CCCC)cc1OCC.